The Morgan fingerprint density at radius 2 is 1.91 bits per heavy atom. The van der Waals surface area contributed by atoms with Crippen LogP contribution in [0.25, 0.3) is 0 Å². The van der Waals surface area contributed by atoms with Crippen molar-refractivity contribution in [2.24, 2.45) is 17.3 Å². The zero-order valence-corrected chi connectivity index (χ0v) is 15.4. The second-order valence-electron chi connectivity index (χ2n) is 7.79. The SMILES string of the molecule is CC=C(C)C(=O)O[C@H]1CC[C@H](C)[C@@]2(C)CC(=C(C)C)C(=O)C[C@@H]12. The predicted molar refractivity (Wildman–Crippen MR) is 91.9 cm³/mol. The van der Waals surface area contributed by atoms with Crippen molar-refractivity contribution in [1.82, 2.24) is 0 Å². The highest BCUT2D eigenvalue weighted by molar-refractivity contribution is 5.97. The molecule has 2 aliphatic carbocycles. The summed E-state index contributed by atoms with van der Waals surface area (Å²) in [7, 11) is 0. The third-order valence-corrected chi connectivity index (χ3v) is 6.22. The molecule has 0 unspecified atom stereocenters. The Hall–Kier alpha value is -1.38. The molecule has 0 aromatic heterocycles. The maximum absolute atomic E-state index is 12.6. The summed E-state index contributed by atoms with van der Waals surface area (Å²) < 4.78 is 5.80. The first kappa shape index (κ1) is 18.0. The molecule has 0 spiro atoms. The molecule has 0 aromatic rings. The quantitative estimate of drug-likeness (QED) is 0.551. The van der Waals surface area contributed by atoms with E-state index in [1.807, 2.05) is 20.8 Å². The molecule has 2 rings (SSSR count). The molecule has 128 valence electrons. The van der Waals surface area contributed by atoms with Crippen LogP contribution in [0.1, 0.15) is 67.2 Å². The van der Waals surface area contributed by atoms with Crippen molar-refractivity contribution < 1.29 is 14.3 Å². The molecule has 2 aliphatic rings. The van der Waals surface area contributed by atoms with E-state index in [0.717, 1.165) is 30.4 Å². The van der Waals surface area contributed by atoms with Crippen molar-refractivity contribution in [1.29, 1.82) is 0 Å². The lowest BCUT2D eigenvalue weighted by Crippen LogP contribution is -2.51. The first-order valence-corrected chi connectivity index (χ1v) is 8.74. The zero-order chi connectivity index (χ0) is 17.4. The fourth-order valence-electron chi connectivity index (χ4n) is 4.15. The van der Waals surface area contributed by atoms with E-state index >= 15 is 0 Å². The Kier molecular flexibility index (Phi) is 5.17. The molecule has 0 saturated heterocycles. The minimum Gasteiger partial charge on any atom is -0.459 e. The monoisotopic (exact) mass is 318 g/mol. The molecule has 0 amide bonds. The van der Waals surface area contributed by atoms with Crippen molar-refractivity contribution >= 4 is 11.8 Å². The second-order valence-corrected chi connectivity index (χ2v) is 7.79. The van der Waals surface area contributed by atoms with Gasteiger partial charge in [-0.1, -0.05) is 25.5 Å². The van der Waals surface area contributed by atoms with E-state index in [-0.39, 0.29) is 29.2 Å². The largest absolute Gasteiger partial charge is 0.459 e. The summed E-state index contributed by atoms with van der Waals surface area (Å²) in [4.78, 5) is 24.7. The van der Waals surface area contributed by atoms with Crippen molar-refractivity contribution in [2.45, 2.75) is 73.3 Å². The molecule has 0 radical (unpaired) electrons. The van der Waals surface area contributed by atoms with E-state index in [0.29, 0.717) is 17.9 Å². The molecule has 3 heteroatoms. The van der Waals surface area contributed by atoms with Gasteiger partial charge in [0, 0.05) is 17.9 Å². The third-order valence-electron chi connectivity index (χ3n) is 6.22. The van der Waals surface area contributed by atoms with Crippen molar-refractivity contribution in [2.75, 3.05) is 0 Å². The maximum atomic E-state index is 12.6. The molecule has 0 heterocycles. The lowest BCUT2D eigenvalue weighted by atomic mass is 9.53. The minimum absolute atomic E-state index is 0.0353. The van der Waals surface area contributed by atoms with E-state index < -0.39 is 0 Å². The smallest absolute Gasteiger partial charge is 0.333 e. The molecule has 0 aromatic carbocycles. The van der Waals surface area contributed by atoms with Gasteiger partial charge in [0.25, 0.3) is 0 Å². The number of ether oxygens (including phenoxy) is 1. The predicted octanol–water partition coefficient (Wildman–Crippen LogP) is 4.62. The zero-order valence-electron chi connectivity index (χ0n) is 15.4. The van der Waals surface area contributed by atoms with Gasteiger partial charge in [0.05, 0.1) is 0 Å². The van der Waals surface area contributed by atoms with Crippen molar-refractivity contribution in [3.8, 4) is 0 Å². The number of fused-ring (bicyclic) bond motifs is 1. The molecule has 0 bridgehead atoms. The number of carbonyl (C=O) groups is 2. The van der Waals surface area contributed by atoms with Crippen molar-refractivity contribution in [3.63, 3.8) is 0 Å². The Morgan fingerprint density at radius 1 is 1.26 bits per heavy atom. The third kappa shape index (κ3) is 3.29. The van der Waals surface area contributed by atoms with Gasteiger partial charge in [-0.25, -0.2) is 4.79 Å². The molecule has 0 N–H and O–H groups in total. The Bertz CT molecular complexity index is 565. The molecule has 0 aliphatic heterocycles. The first-order chi connectivity index (χ1) is 10.7. The number of hydrogen-bond donors (Lipinski definition) is 0. The first-order valence-electron chi connectivity index (χ1n) is 8.74. The van der Waals surface area contributed by atoms with E-state index in [1.54, 1.807) is 13.0 Å². The van der Waals surface area contributed by atoms with Crippen LogP contribution in [0, 0.1) is 17.3 Å². The highest BCUT2D eigenvalue weighted by Crippen LogP contribution is 2.54. The topological polar surface area (TPSA) is 43.4 Å². The Balaban J connectivity index is 2.29. The van der Waals surface area contributed by atoms with Crippen LogP contribution in [0.3, 0.4) is 0 Å². The summed E-state index contributed by atoms with van der Waals surface area (Å²) in [5, 5.41) is 0. The van der Waals surface area contributed by atoms with Crippen LogP contribution in [-0.4, -0.2) is 17.9 Å². The van der Waals surface area contributed by atoms with Crippen LogP contribution in [0.15, 0.2) is 22.8 Å². The molecule has 23 heavy (non-hydrogen) atoms. The normalized spacial score (nSPS) is 34.9. The van der Waals surface area contributed by atoms with Crippen LogP contribution < -0.4 is 0 Å². The Morgan fingerprint density at radius 3 is 2.48 bits per heavy atom. The van der Waals surface area contributed by atoms with Crippen LogP contribution >= 0.6 is 0 Å². The summed E-state index contributed by atoms with van der Waals surface area (Å²) in [6.07, 6.45) is 4.87. The lowest BCUT2D eigenvalue weighted by molar-refractivity contribution is -0.160. The Labute approximate surface area is 140 Å². The van der Waals surface area contributed by atoms with Gasteiger partial charge in [-0.3, -0.25) is 4.79 Å². The van der Waals surface area contributed by atoms with Gasteiger partial charge in [-0.05, 0) is 63.9 Å². The second kappa shape index (κ2) is 6.62. The van der Waals surface area contributed by atoms with Crippen LogP contribution in [-0.2, 0) is 14.3 Å². The van der Waals surface area contributed by atoms with Crippen molar-refractivity contribution in [3.05, 3.63) is 22.8 Å². The fraction of sp³-hybridized carbons (Fsp3) is 0.700. The van der Waals surface area contributed by atoms with Crippen LogP contribution in [0.2, 0.25) is 0 Å². The summed E-state index contributed by atoms with van der Waals surface area (Å²) >= 11 is 0. The van der Waals surface area contributed by atoms with Gasteiger partial charge in [0.15, 0.2) is 5.78 Å². The van der Waals surface area contributed by atoms with E-state index in [1.165, 1.54) is 0 Å². The van der Waals surface area contributed by atoms with Crippen LogP contribution in [0.4, 0.5) is 0 Å². The summed E-state index contributed by atoms with van der Waals surface area (Å²) in [6.45, 7) is 12.2. The maximum Gasteiger partial charge on any atom is 0.333 e. The van der Waals surface area contributed by atoms with Gasteiger partial charge in [0.1, 0.15) is 6.10 Å². The number of ketones is 1. The van der Waals surface area contributed by atoms with Gasteiger partial charge in [-0.15, -0.1) is 0 Å². The lowest BCUT2D eigenvalue weighted by Gasteiger charge is -2.52. The fourth-order valence-corrected chi connectivity index (χ4v) is 4.15. The molecular weight excluding hydrogens is 288 g/mol. The summed E-state index contributed by atoms with van der Waals surface area (Å²) in [6, 6.07) is 0. The highest BCUT2D eigenvalue weighted by Gasteiger charge is 2.52. The molecular formula is C20H30O3. The number of carbonyl (C=O) groups excluding carboxylic acids is 2. The molecule has 4 atom stereocenters. The van der Waals surface area contributed by atoms with Gasteiger partial charge in [-0.2, -0.15) is 0 Å². The van der Waals surface area contributed by atoms with Gasteiger partial charge < -0.3 is 4.74 Å². The summed E-state index contributed by atoms with van der Waals surface area (Å²) in [5.41, 5.74) is 2.79. The molecule has 2 fully saturated rings. The molecule has 3 nitrogen and oxygen atoms in total. The van der Waals surface area contributed by atoms with Crippen LogP contribution in [0.5, 0.6) is 0 Å². The number of esters is 1. The standard InChI is InChI=1S/C20H30O3/c1-7-13(4)19(22)23-18-9-8-14(5)20(6)11-15(12(2)3)17(21)10-16(18)20/h7,14,16,18H,8-11H2,1-6H3/t14-,16-,18-,20+/m0/s1. The summed E-state index contributed by atoms with van der Waals surface area (Å²) in [5.74, 6) is 0.670. The van der Waals surface area contributed by atoms with E-state index in [9.17, 15) is 9.59 Å². The molecule has 2 saturated carbocycles. The average Bonchev–Trinajstić information content (AvgIpc) is 2.50. The number of Topliss-reactive ketones (excluding diaryl/α,β-unsaturated/α-hetero) is 1. The van der Waals surface area contributed by atoms with Gasteiger partial charge >= 0.3 is 5.97 Å². The number of allylic oxidation sites excluding steroid dienone is 3. The number of hydrogen-bond acceptors (Lipinski definition) is 3. The van der Waals surface area contributed by atoms with E-state index in [4.69, 9.17) is 4.74 Å². The number of rotatable bonds is 2. The van der Waals surface area contributed by atoms with E-state index in [2.05, 4.69) is 13.8 Å². The average molecular weight is 318 g/mol. The minimum atomic E-state index is -0.241. The highest BCUT2D eigenvalue weighted by atomic mass is 16.5. The van der Waals surface area contributed by atoms with Gasteiger partial charge in [0.2, 0.25) is 0 Å².